The first kappa shape index (κ1) is 28.0. The molecular formula is C24H30N5O8PS. The quantitative estimate of drug-likeness (QED) is 0.263. The molecule has 5 rings (SSSR count). The van der Waals surface area contributed by atoms with Gasteiger partial charge in [-0.25, -0.2) is 15.1 Å². The van der Waals surface area contributed by atoms with Gasteiger partial charge in [0.25, 0.3) is 0 Å². The van der Waals surface area contributed by atoms with E-state index in [0.717, 1.165) is 16.9 Å². The molecule has 210 valence electrons. The van der Waals surface area contributed by atoms with Crippen molar-refractivity contribution in [2.24, 2.45) is 0 Å². The maximum Gasteiger partial charge on any atom is 0.327 e. The molecule has 0 spiro atoms. The summed E-state index contributed by atoms with van der Waals surface area (Å²) >= 11 is 0.970. The Kier molecular flexibility index (Phi) is 7.72. The fraction of sp³-hybridized carbons (Fsp3) is 0.500. The highest BCUT2D eigenvalue weighted by Gasteiger charge is 2.54. The number of aliphatic hydroxyl groups is 2. The molecule has 7 atom stereocenters. The summed E-state index contributed by atoms with van der Waals surface area (Å²) in [4.78, 5) is 25.5. The van der Waals surface area contributed by atoms with Crippen molar-refractivity contribution in [3.63, 3.8) is 0 Å². The number of benzene rings is 1. The van der Waals surface area contributed by atoms with Gasteiger partial charge in [-0.3, -0.25) is 13.9 Å². The number of hydrogen-bond donors (Lipinski definition) is 3. The zero-order valence-corrected chi connectivity index (χ0v) is 23.5. The zero-order valence-electron chi connectivity index (χ0n) is 21.8. The van der Waals surface area contributed by atoms with Gasteiger partial charge < -0.3 is 28.9 Å². The van der Waals surface area contributed by atoms with Crippen LogP contribution >= 0.6 is 18.1 Å². The predicted octanol–water partition coefficient (Wildman–Crippen LogP) is 2.29. The minimum absolute atomic E-state index is 0.188. The number of aryl methyl sites for hydroxylation is 1. The summed E-state index contributed by atoms with van der Waals surface area (Å²) in [6.07, 6.45) is -2.57. The smallest absolute Gasteiger partial charge is 0.327 e. The number of methoxy groups -OCH3 is 1. The van der Waals surface area contributed by atoms with Gasteiger partial charge in [0.1, 0.15) is 35.8 Å². The van der Waals surface area contributed by atoms with Crippen molar-refractivity contribution in [1.29, 1.82) is 0 Å². The van der Waals surface area contributed by atoms with Gasteiger partial charge in [0.2, 0.25) is 5.88 Å². The lowest BCUT2D eigenvalue weighted by Gasteiger charge is -2.27. The van der Waals surface area contributed by atoms with E-state index >= 15 is 0 Å². The number of nitrogens with zero attached hydrogens (tertiary/aromatic N) is 4. The van der Waals surface area contributed by atoms with Crippen LogP contribution in [-0.4, -0.2) is 79.0 Å². The van der Waals surface area contributed by atoms with E-state index in [0.29, 0.717) is 17.0 Å². The van der Waals surface area contributed by atoms with Crippen LogP contribution < -0.4 is 9.82 Å². The molecule has 2 aromatic heterocycles. The molecule has 13 nitrogen and oxygen atoms in total. The van der Waals surface area contributed by atoms with Gasteiger partial charge in [-0.1, -0.05) is 41.7 Å². The van der Waals surface area contributed by atoms with Crippen molar-refractivity contribution in [3.8, 4) is 5.88 Å². The number of imidazole rings is 1. The van der Waals surface area contributed by atoms with Crippen LogP contribution in [0.4, 0.5) is 0 Å². The molecule has 4 unspecified atom stereocenters. The third-order valence-electron chi connectivity index (χ3n) is 6.68. The van der Waals surface area contributed by atoms with Crippen molar-refractivity contribution in [2.75, 3.05) is 19.5 Å². The standard InChI is InChI=1S/C24H30N5O8PS/c1-13(15-8-6-5-7-9-15)36-22(31)16-11-39-38(33,28-16)35-10-17-19(30)24(3,32)23(37-17)29-12-25-18-20(29)26-14(2)27-21(18)34-4/h5-9,12-13,16-17,19,23,30,32H,10-11H2,1-4H3,(H,28,33)/t13?,16?,17-,19-,23?,24-,38?/m1/s1. The zero-order chi connectivity index (χ0) is 27.9. The minimum Gasteiger partial charge on any atom is -0.479 e. The maximum atomic E-state index is 13.3. The van der Waals surface area contributed by atoms with Crippen LogP contribution in [-0.2, 0) is 23.4 Å². The first-order valence-corrected chi connectivity index (χ1v) is 15.5. The Morgan fingerprint density at radius 3 is 2.82 bits per heavy atom. The van der Waals surface area contributed by atoms with Crippen molar-refractivity contribution < 1.29 is 38.3 Å². The van der Waals surface area contributed by atoms with E-state index in [1.807, 2.05) is 30.3 Å². The molecule has 2 aliphatic heterocycles. The van der Waals surface area contributed by atoms with Crippen LogP contribution in [0.3, 0.4) is 0 Å². The molecule has 0 saturated carbocycles. The number of carbonyl (C=O) groups is 1. The highest BCUT2D eigenvalue weighted by Crippen LogP contribution is 2.61. The van der Waals surface area contributed by atoms with E-state index in [1.54, 1.807) is 13.8 Å². The summed E-state index contributed by atoms with van der Waals surface area (Å²) < 4.78 is 37.2. The number of fused-ring (bicyclic) bond motifs is 1. The van der Waals surface area contributed by atoms with Gasteiger partial charge in [0, 0.05) is 5.75 Å². The molecule has 0 bridgehead atoms. The topological polar surface area (TPSA) is 167 Å². The van der Waals surface area contributed by atoms with Crippen LogP contribution in [0.1, 0.15) is 37.6 Å². The van der Waals surface area contributed by atoms with E-state index in [9.17, 15) is 19.6 Å². The van der Waals surface area contributed by atoms with E-state index in [2.05, 4.69) is 20.0 Å². The van der Waals surface area contributed by atoms with Gasteiger partial charge in [0.05, 0.1) is 20.0 Å². The number of esters is 1. The van der Waals surface area contributed by atoms with E-state index < -0.39 is 48.9 Å². The summed E-state index contributed by atoms with van der Waals surface area (Å²) in [6.45, 7) is 1.05. The summed E-state index contributed by atoms with van der Waals surface area (Å²) in [7, 11) is 1.46. The SMILES string of the molecule is COc1nc(C)nc2c1ncn2C1O[C@H](COP2(=O)NC(C(=O)OC(C)c3ccccc3)CS2)[C@@H](O)[C@@]1(C)O. The van der Waals surface area contributed by atoms with Crippen LogP contribution in [0.5, 0.6) is 5.88 Å². The van der Waals surface area contributed by atoms with Gasteiger partial charge in [-0.15, -0.1) is 0 Å². The van der Waals surface area contributed by atoms with Crippen LogP contribution in [0.25, 0.3) is 11.2 Å². The number of ether oxygens (including phenoxy) is 3. The Balaban J connectivity index is 1.23. The Morgan fingerprint density at radius 1 is 1.36 bits per heavy atom. The number of aliphatic hydroxyl groups excluding tert-OH is 1. The number of carbonyl (C=O) groups excluding carboxylic acids is 1. The molecule has 2 aliphatic rings. The molecule has 4 heterocycles. The molecular weight excluding hydrogens is 549 g/mol. The van der Waals surface area contributed by atoms with Gasteiger partial charge in [0.15, 0.2) is 17.4 Å². The molecule has 0 aliphatic carbocycles. The predicted molar refractivity (Wildman–Crippen MR) is 141 cm³/mol. The first-order chi connectivity index (χ1) is 18.5. The average molecular weight is 580 g/mol. The highest BCUT2D eigenvalue weighted by atomic mass is 32.7. The van der Waals surface area contributed by atoms with Gasteiger partial charge in [-0.2, -0.15) is 4.98 Å². The third-order valence-corrected chi connectivity index (χ3v) is 10.7. The van der Waals surface area contributed by atoms with E-state index in [4.69, 9.17) is 18.7 Å². The molecule has 0 radical (unpaired) electrons. The van der Waals surface area contributed by atoms with Crippen molar-refractivity contribution in [1.82, 2.24) is 24.6 Å². The molecule has 2 saturated heterocycles. The van der Waals surface area contributed by atoms with E-state index in [-0.39, 0.29) is 18.2 Å². The average Bonchev–Trinajstić information content (AvgIpc) is 3.57. The fourth-order valence-corrected chi connectivity index (χ4v) is 8.42. The molecule has 15 heteroatoms. The molecule has 0 amide bonds. The molecule has 3 N–H and O–H groups in total. The van der Waals surface area contributed by atoms with Crippen molar-refractivity contribution in [3.05, 3.63) is 48.0 Å². The second-order valence-corrected chi connectivity index (χ2v) is 13.9. The number of rotatable bonds is 8. The maximum absolute atomic E-state index is 13.3. The highest BCUT2D eigenvalue weighted by molar-refractivity contribution is 8.56. The molecule has 39 heavy (non-hydrogen) atoms. The Labute approximate surface area is 228 Å². The summed E-state index contributed by atoms with van der Waals surface area (Å²) in [6, 6.07) is 8.47. The number of aromatic nitrogens is 4. The van der Waals surface area contributed by atoms with Crippen LogP contribution in [0.2, 0.25) is 0 Å². The Hall–Kier alpha value is -2.58. The minimum atomic E-state index is -3.52. The lowest BCUT2D eigenvalue weighted by molar-refractivity contribution is -0.150. The normalized spacial score (nSPS) is 31.4. The second-order valence-electron chi connectivity index (χ2n) is 9.56. The van der Waals surface area contributed by atoms with Gasteiger partial charge in [-0.05, 0) is 26.3 Å². The summed E-state index contributed by atoms with van der Waals surface area (Å²) in [5.41, 5.74) is -0.202. The summed E-state index contributed by atoms with van der Waals surface area (Å²) in [5, 5.41) is 24.8. The van der Waals surface area contributed by atoms with Crippen molar-refractivity contribution in [2.45, 2.75) is 57.0 Å². The number of hydrogen-bond acceptors (Lipinski definition) is 12. The largest absolute Gasteiger partial charge is 0.479 e. The summed E-state index contributed by atoms with van der Waals surface area (Å²) in [5.74, 6) is 0.337. The molecule has 1 aromatic carbocycles. The fourth-order valence-electron chi connectivity index (χ4n) is 4.54. The molecule has 2 fully saturated rings. The van der Waals surface area contributed by atoms with Gasteiger partial charge >= 0.3 is 12.7 Å². The second kappa shape index (κ2) is 10.8. The van der Waals surface area contributed by atoms with Crippen LogP contribution in [0, 0.1) is 6.92 Å². The lowest BCUT2D eigenvalue weighted by atomic mass is 9.96. The first-order valence-electron chi connectivity index (χ1n) is 12.3. The van der Waals surface area contributed by atoms with Crippen LogP contribution in [0.15, 0.2) is 36.7 Å². The lowest BCUT2D eigenvalue weighted by Crippen LogP contribution is -2.44. The Bertz CT molecular complexity index is 1410. The Morgan fingerprint density at radius 2 is 2.10 bits per heavy atom. The van der Waals surface area contributed by atoms with E-state index in [1.165, 1.54) is 24.9 Å². The monoisotopic (exact) mass is 579 g/mol. The van der Waals surface area contributed by atoms with Crippen molar-refractivity contribution >= 4 is 35.2 Å². The third kappa shape index (κ3) is 5.42. The number of nitrogens with one attached hydrogen (secondary N) is 1. The molecule has 3 aromatic rings.